The minimum absolute atomic E-state index is 0.319. The van der Waals surface area contributed by atoms with Crippen LogP contribution in [-0.4, -0.2) is 16.6 Å². The van der Waals surface area contributed by atoms with Crippen molar-refractivity contribution in [3.8, 4) is 5.88 Å². The molecule has 0 bridgehead atoms. The molecule has 2 rings (SSSR count). The van der Waals surface area contributed by atoms with E-state index in [1.54, 1.807) is 0 Å². The van der Waals surface area contributed by atoms with Gasteiger partial charge in [0.1, 0.15) is 10.4 Å². The quantitative estimate of drug-likeness (QED) is 0.776. The van der Waals surface area contributed by atoms with E-state index in [1.807, 2.05) is 6.07 Å². The van der Waals surface area contributed by atoms with Crippen LogP contribution in [0.15, 0.2) is 10.7 Å². The number of hydrogen-bond acceptors (Lipinski definition) is 3. The lowest BCUT2D eigenvalue weighted by atomic mass is 9.90. The Morgan fingerprint density at radius 1 is 1.28 bits per heavy atom. The van der Waals surface area contributed by atoms with Gasteiger partial charge in [-0.1, -0.05) is 33.1 Å². The highest BCUT2D eigenvalue weighted by molar-refractivity contribution is 9.10. The summed E-state index contributed by atoms with van der Waals surface area (Å²) in [5.41, 5.74) is 0. The molecular weight excluding hydrogens is 292 g/mol. The van der Waals surface area contributed by atoms with E-state index < -0.39 is 0 Å². The van der Waals surface area contributed by atoms with Crippen molar-refractivity contribution in [3.05, 3.63) is 16.5 Å². The Labute approximate surface area is 117 Å². The van der Waals surface area contributed by atoms with Gasteiger partial charge in [0.25, 0.3) is 0 Å². The molecule has 1 heterocycles. The van der Waals surface area contributed by atoms with Crippen LogP contribution in [0.5, 0.6) is 5.88 Å². The van der Waals surface area contributed by atoms with Crippen LogP contribution in [0.3, 0.4) is 0 Å². The van der Waals surface area contributed by atoms with Gasteiger partial charge < -0.3 is 4.74 Å². The van der Waals surface area contributed by atoms with Crippen LogP contribution in [0, 0.1) is 5.92 Å². The first-order valence-electron chi connectivity index (χ1n) is 6.82. The highest BCUT2D eigenvalue weighted by Crippen LogP contribution is 2.25. The maximum Gasteiger partial charge on any atom is 0.217 e. The zero-order chi connectivity index (χ0) is 13.0. The van der Waals surface area contributed by atoms with Crippen molar-refractivity contribution in [2.75, 3.05) is 6.61 Å². The summed E-state index contributed by atoms with van der Waals surface area (Å²) < 4.78 is 6.64. The molecule has 18 heavy (non-hydrogen) atoms. The predicted octanol–water partition coefficient (Wildman–Crippen LogP) is 4.32. The molecule has 0 unspecified atom stereocenters. The number of hydrogen-bond donors (Lipinski definition) is 0. The summed E-state index contributed by atoms with van der Waals surface area (Å²) in [6, 6.07) is 1.86. The molecule has 100 valence electrons. The summed E-state index contributed by atoms with van der Waals surface area (Å²) in [5, 5.41) is 0. The van der Waals surface area contributed by atoms with E-state index in [4.69, 9.17) is 4.74 Å². The minimum atomic E-state index is 0.319. The number of halogens is 1. The third-order valence-corrected chi connectivity index (χ3v) is 3.80. The highest BCUT2D eigenvalue weighted by Gasteiger charge is 2.15. The normalized spacial score (nSPS) is 17.1. The van der Waals surface area contributed by atoms with Gasteiger partial charge in [0.05, 0.1) is 6.61 Å². The average molecular weight is 313 g/mol. The van der Waals surface area contributed by atoms with E-state index in [2.05, 4.69) is 39.7 Å². The first kappa shape index (κ1) is 13.8. The molecule has 1 aliphatic carbocycles. The van der Waals surface area contributed by atoms with Crippen LogP contribution >= 0.6 is 15.9 Å². The lowest BCUT2D eigenvalue weighted by molar-refractivity contribution is 0.202. The van der Waals surface area contributed by atoms with Crippen LogP contribution in [-0.2, 0) is 0 Å². The van der Waals surface area contributed by atoms with Gasteiger partial charge in [-0.2, -0.15) is 4.98 Å². The molecule has 3 nitrogen and oxygen atoms in total. The van der Waals surface area contributed by atoms with Gasteiger partial charge in [-0.25, -0.2) is 4.98 Å². The van der Waals surface area contributed by atoms with E-state index in [0.29, 0.717) is 17.7 Å². The fourth-order valence-corrected chi connectivity index (χ4v) is 2.68. The Kier molecular flexibility index (Phi) is 4.98. The third kappa shape index (κ3) is 3.94. The molecule has 0 spiro atoms. The van der Waals surface area contributed by atoms with Gasteiger partial charge in [0.2, 0.25) is 5.88 Å². The molecule has 0 N–H and O–H groups in total. The van der Waals surface area contributed by atoms with Crippen molar-refractivity contribution >= 4 is 15.9 Å². The second kappa shape index (κ2) is 6.50. The van der Waals surface area contributed by atoms with Gasteiger partial charge >= 0.3 is 0 Å². The van der Waals surface area contributed by atoms with E-state index >= 15 is 0 Å². The number of ether oxygens (including phenoxy) is 1. The zero-order valence-corrected chi connectivity index (χ0v) is 12.7. The number of rotatable bonds is 4. The molecule has 1 fully saturated rings. The van der Waals surface area contributed by atoms with E-state index in [9.17, 15) is 0 Å². The summed E-state index contributed by atoms with van der Waals surface area (Å²) >= 11 is 3.42. The first-order chi connectivity index (χ1) is 8.65. The second-order valence-electron chi connectivity index (χ2n) is 5.36. The van der Waals surface area contributed by atoms with Crippen molar-refractivity contribution in [1.29, 1.82) is 0 Å². The van der Waals surface area contributed by atoms with Crippen LogP contribution in [0.4, 0.5) is 0 Å². The lowest BCUT2D eigenvalue weighted by Crippen LogP contribution is -2.16. The van der Waals surface area contributed by atoms with Crippen molar-refractivity contribution in [1.82, 2.24) is 9.97 Å². The SMILES string of the molecule is CC(C)c1nc(Br)cc(OCC2CCCCC2)n1. The van der Waals surface area contributed by atoms with Crippen LogP contribution < -0.4 is 4.74 Å². The molecule has 1 aliphatic rings. The van der Waals surface area contributed by atoms with Crippen molar-refractivity contribution in [2.45, 2.75) is 51.9 Å². The summed E-state index contributed by atoms with van der Waals surface area (Å²) in [6.07, 6.45) is 6.66. The van der Waals surface area contributed by atoms with Crippen LogP contribution in [0.2, 0.25) is 0 Å². The fraction of sp³-hybridized carbons (Fsp3) is 0.714. The highest BCUT2D eigenvalue weighted by atomic mass is 79.9. The standard InChI is InChI=1S/C14H21BrN2O/c1-10(2)14-16-12(15)8-13(17-14)18-9-11-6-4-3-5-7-11/h8,10-11H,3-7,9H2,1-2H3. The maximum atomic E-state index is 5.84. The van der Waals surface area contributed by atoms with Gasteiger partial charge in [-0.05, 0) is 34.7 Å². The van der Waals surface area contributed by atoms with E-state index in [0.717, 1.165) is 17.0 Å². The summed E-state index contributed by atoms with van der Waals surface area (Å²) in [6.45, 7) is 4.97. The Hall–Kier alpha value is -0.640. The van der Waals surface area contributed by atoms with Gasteiger partial charge in [-0.15, -0.1) is 0 Å². The predicted molar refractivity (Wildman–Crippen MR) is 75.9 cm³/mol. The van der Waals surface area contributed by atoms with Crippen LogP contribution in [0.25, 0.3) is 0 Å². The summed E-state index contributed by atoms with van der Waals surface area (Å²) in [4.78, 5) is 8.81. The molecule has 0 aromatic carbocycles. The molecule has 0 aliphatic heterocycles. The monoisotopic (exact) mass is 312 g/mol. The lowest BCUT2D eigenvalue weighted by Gasteiger charge is -2.21. The van der Waals surface area contributed by atoms with Crippen molar-refractivity contribution in [2.24, 2.45) is 5.92 Å². The Balaban J connectivity index is 1.95. The molecule has 0 saturated heterocycles. The Bertz CT molecular complexity index is 389. The molecule has 4 heteroatoms. The zero-order valence-electron chi connectivity index (χ0n) is 11.2. The molecule has 1 aromatic heterocycles. The topological polar surface area (TPSA) is 35.0 Å². The van der Waals surface area contributed by atoms with Gasteiger partial charge in [-0.3, -0.25) is 0 Å². The van der Waals surface area contributed by atoms with Gasteiger partial charge in [0.15, 0.2) is 0 Å². The van der Waals surface area contributed by atoms with Crippen molar-refractivity contribution < 1.29 is 4.74 Å². The fourth-order valence-electron chi connectivity index (χ4n) is 2.30. The smallest absolute Gasteiger partial charge is 0.217 e. The third-order valence-electron chi connectivity index (χ3n) is 3.40. The number of aromatic nitrogens is 2. The number of nitrogens with zero attached hydrogens (tertiary/aromatic N) is 2. The second-order valence-corrected chi connectivity index (χ2v) is 6.17. The molecule has 0 radical (unpaired) electrons. The molecular formula is C14H21BrN2O. The largest absolute Gasteiger partial charge is 0.477 e. The summed E-state index contributed by atoms with van der Waals surface area (Å²) in [7, 11) is 0. The molecule has 1 saturated carbocycles. The first-order valence-corrected chi connectivity index (χ1v) is 7.61. The Morgan fingerprint density at radius 3 is 2.67 bits per heavy atom. The minimum Gasteiger partial charge on any atom is -0.477 e. The Morgan fingerprint density at radius 2 is 2.00 bits per heavy atom. The van der Waals surface area contributed by atoms with E-state index in [1.165, 1.54) is 32.1 Å². The van der Waals surface area contributed by atoms with Gasteiger partial charge in [0, 0.05) is 12.0 Å². The van der Waals surface area contributed by atoms with Crippen LogP contribution in [0.1, 0.15) is 57.7 Å². The maximum absolute atomic E-state index is 5.84. The van der Waals surface area contributed by atoms with E-state index in [-0.39, 0.29) is 0 Å². The average Bonchev–Trinajstić information content (AvgIpc) is 2.37. The molecule has 0 amide bonds. The molecule has 1 aromatic rings. The summed E-state index contributed by atoms with van der Waals surface area (Å²) in [5.74, 6) is 2.56. The van der Waals surface area contributed by atoms with Crippen molar-refractivity contribution in [3.63, 3.8) is 0 Å². The molecule has 0 atom stereocenters.